The summed E-state index contributed by atoms with van der Waals surface area (Å²) in [5.41, 5.74) is 0. The maximum absolute atomic E-state index is 10.3. The van der Waals surface area contributed by atoms with Gasteiger partial charge in [-0.15, -0.1) is 0 Å². The van der Waals surface area contributed by atoms with E-state index in [-0.39, 0.29) is 0 Å². The molecule has 1 fully saturated rings. The molecule has 1 aliphatic rings. The van der Waals surface area contributed by atoms with Gasteiger partial charge in [-0.1, -0.05) is 0 Å². The summed E-state index contributed by atoms with van der Waals surface area (Å²) >= 11 is 0. The van der Waals surface area contributed by atoms with Crippen molar-refractivity contribution in [1.82, 2.24) is 0 Å². The van der Waals surface area contributed by atoms with E-state index in [0.717, 1.165) is 0 Å². The van der Waals surface area contributed by atoms with E-state index in [2.05, 4.69) is 4.74 Å². The predicted molar refractivity (Wildman–Crippen MR) is 33.9 cm³/mol. The van der Waals surface area contributed by atoms with E-state index in [9.17, 15) is 9.90 Å². The molecule has 13 heavy (non-hydrogen) atoms. The summed E-state index contributed by atoms with van der Waals surface area (Å²) in [6.45, 7) is 0. The van der Waals surface area contributed by atoms with Crippen LogP contribution in [0.1, 0.15) is 0 Å². The molecule has 1 heterocycles. The Balaban J connectivity index is 2.76. The third-order valence-corrected chi connectivity index (χ3v) is 1.82. The van der Waals surface area contributed by atoms with Crippen LogP contribution in [-0.2, 0) is 9.53 Å². The quantitative estimate of drug-likeness (QED) is 0.330. The van der Waals surface area contributed by atoms with Crippen molar-refractivity contribution in [2.45, 2.75) is 30.7 Å². The topological polar surface area (TPSA) is 130 Å². The number of rotatable bonds is 1. The Bertz CT molecular complexity index is 205. The van der Waals surface area contributed by atoms with Crippen LogP contribution in [0.3, 0.4) is 0 Å². The summed E-state index contributed by atoms with van der Waals surface area (Å²) in [6, 6.07) is 0. The number of carboxylic acids is 1. The molecule has 1 saturated heterocycles. The van der Waals surface area contributed by atoms with Crippen molar-refractivity contribution < 1.29 is 35.1 Å². The molecule has 5 atom stereocenters. The smallest absolute Gasteiger partial charge is 0.184 e. The largest absolute Gasteiger partial charge is 0.547 e. The normalized spacial score (nSPS) is 46.0. The zero-order valence-electron chi connectivity index (χ0n) is 6.40. The number of carboxylic acid groups (broad SMARTS) is 1. The van der Waals surface area contributed by atoms with Crippen LogP contribution in [0.2, 0.25) is 0 Å². The lowest BCUT2D eigenvalue weighted by Gasteiger charge is -2.38. The lowest BCUT2D eigenvalue weighted by Crippen LogP contribution is -2.62. The van der Waals surface area contributed by atoms with Gasteiger partial charge in [-0.2, -0.15) is 0 Å². The first kappa shape index (κ1) is 10.4. The molecule has 0 radical (unpaired) electrons. The molecule has 1 unspecified atom stereocenters. The van der Waals surface area contributed by atoms with Crippen LogP contribution in [-0.4, -0.2) is 57.1 Å². The van der Waals surface area contributed by atoms with Crippen LogP contribution in [0.25, 0.3) is 0 Å². The lowest BCUT2D eigenvalue weighted by molar-refractivity contribution is -0.345. The number of aliphatic hydroxyl groups excluding tert-OH is 4. The van der Waals surface area contributed by atoms with Crippen molar-refractivity contribution in [2.75, 3.05) is 0 Å². The molecule has 4 N–H and O–H groups in total. The molecule has 1 aliphatic heterocycles. The first-order valence-corrected chi connectivity index (χ1v) is 3.53. The van der Waals surface area contributed by atoms with Gasteiger partial charge >= 0.3 is 0 Å². The molecule has 0 aromatic carbocycles. The van der Waals surface area contributed by atoms with Gasteiger partial charge in [-0.25, -0.2) is 0 Å². The summed E-state index contributed by atoms with van der Waals surface area (Å²) in [6.07, 6.45) is -9.00. The van der Waals surface area contributed by atoms with Crippen LogP contribution in [0, 0.1) is 0 Å². The van der Waals surface area contributed by atoms with Crippen molar-refractivity contribution >= 4 is 5.97 Å². The number of hydrogen-bond acceptors (Lipinski definition) is 7. The van der Waals surface area contributed by atoms with Gasteiger partial charge in [-0.05, 0) is 0 Å². The summed E-state index contributed by atoms with van der Waals surface area (Å²) in [5, 5.41) is 46.1. The number of hydrogen-bond donors (Lipinski definition) is 4. The molecule has 0 saturated carbocycles. The van der Waals surface area contributed by atoms with Gasteiger partial charge in [0.25, 0.3) is 0 Å². The van der Waals surface area contributed by atoms with Crippen LogP contribution in [0.4, 0.5) is 0 Å². The minimum atomic E-state index is -1.85. The Kier molecular flexibility index (Phi) is 2.84. The molecule has 7 heteroatoms. The minimum absolute atomic E-state index is 1.73. The first-order valence-electron chi connectivity index (χ1n) is 3.53. The Morgan fingerprint density at radius 3 is 2.08 bits per heavy atom. The van der Waals surface area contributed by atoms with Crippen molar-refractivity contribution in [3.05, 3.63) is 0 Å². The number of carbonyl (C=O) groups excluding carboxylic acids is 1. The predicted octanol–water partition coefficient (Wildman–Crippen LogP) is -4.46. The molecule has 0 aromatic heterocycles. The maximum Gasteiger partial charge on any atom is 0.184 e. The van der Waals surface area contributed by atoms with Crippen molar-refractivity contribution in [3.8, 4) is 0 Å². The van der Waals surface area contributed by atoms with E-state index < -0.39 is 36.7 Å². The molecule has 76 valence electrons. The Labute approximate surface area is 72.8 Å². The summed E-state index contributed by atoms with van der Waals surface area (Å²) in [5.74, 6) is -1.77. The molecular formula is C6H9O7-. The standard InChI is InChI=1S/C6H10O7/c7-1-2(8)4(5(10)11)13-6(12)3(1)9/h1-4,6-9,12H,(H,10,11)/p-1/t1-,2-,3+,4+,6?/m0/s1. The molecule has 0 aromatic rings. The Hall–Kier alpha value is -0.730. The molecular weight excluding hydrogens is 184 g/mol. The van der Waals surface area contributed by atoms with Gasteiger partial charge in [0.05, 0.1) is 5.97 Å². The highest BCUT2D eigenvalue weighted by molar-refractivity contribution is 5.71. The number of aliphatic hydroxyl groups is 4. The zero-order valence-corrected chi connectivity index (χ0v) is 6.40. The summed E-state index contributed by atoms with van der Waals surface area (Å²) < 4.78 is 4.28. The van der Waals surface area contributed by atoms with Gasteiger partial charge in [0.2, 0.25) is 0 Å². The van der Waals surface area contributed by atoms with E-state index >= 15 is 0 Å². The lowest BCUT2D eigenvalue weighted by atomic mass is 9.99. The van der Waals surface area contributed by atoms with Crippen molar-refractivity contribution in [1.29, 1.82) is 0 Å². The average Bonchev–Trinajstić information content (AvgIpc) is 2.07. The van der Waals surface area contributed by atoms with E-state index in [4.69, 9.17) is 20.4 Å². The van der Waals surface area contributed by atoms with Gasteiger partial charge in [0.15, 0.2) is 6.29 Å². The molecule has 0 amide bonds. The third-order valence-electron chi connectivity index (χ3n) is 1.82. The van der Waals surface area contributed by atoms with Gasteiger partial charge in [0.1, 0.15) is 24.4 Å². The second-order valence-electron chi connectivity index (χ2n) is 2.74. The van der Waals surface area contributed by atoms with Crippen LogP contribution >= 0.6 is 0 Å². The van der Waals surface area contributed by atoms with E-state index in [1.54, 1.807) is 0 Å². The molecule has 0 aliphatic carbocycles. The van der Waals surface area contributed by atoms with Gasteiger partial charge in [0, 0.05) is 0 Å². The number of ether oxygens (including phenoxy) is 1. The molecule has 7 nitrogen and oxygen atoms in total. The second kappa shape index (κ2) is 3.56. The monoisotopic (exact) mass is 193 g/mol. The van der Waals surface area contributed by atoms with Crippen molar-refractivity contribution in [2.24, 2.45) is 0 Å². The summed E-state index contributed by atoms with van der Waals surface area (Å²) in [4.78, 5) is 10.3. The van der Waals surface area contributed by atoms with Crippen LogP contribution < -0.4 is 5.11 Å². The molecule has 0 bridgehead atoms. The number of aliphatic carboxylic acids is 1. The molecule has 1 rings (SSSR count). The van der Waals surface area contributed by atoms with Gasteiger partial charge in [-0.3, -0.25) is 0 Å². The fraction of sp³-hybridized carbons (Fsp3) is 0.833. The fourth-order valence-corrected chi connectivity index (χ4v) is 1.06. The highest BCUT2D eigenvalue weighted by Crippen LogP contribution is 2.19. The SMILES string of the molecule is O=C([O-])[C@@H]1OC(O)[C@H](O)[C@@H](O)[C@@H]1O. The molecule has 0 spiro atoms. The maximum atomic E-state index is 10.3. The van der Waals surface area contributed by atoms with E-state index in [1.807, 2.05) is 0 Å². The second-order valence-corrected chi connectivity index (χ2v) is 2.74. The fourth-order valence-electron chi connectivity index (χ4n) is 1.06. The minimum Gasteiger partial charge on any atom is -0.547 e. The first-order chi connectivity index (χ1) is 5.95. The van der Waals surface area contributed by atoms with Crippen molar-refractivity contribution in [3.63, 3.8) is 0 Å². The Morgan fingerprint density at radius 1 is 1.08 bits per heavy atom. The Morgan fingerprint density at radius 2 is 1.62 bits per heavy atom. The van der Waals surface area contributed by atoms with E-state index in [1.165, 1.54) is 0 Å². The highest BCUT2D eigenvalue weighted by atomic mass is 16.6. The highest BCUT2D eigenvalue weighted by Gasteiger charge is 2.43. The van der Waals surface area contributed by atoms with E-state index in [0.29, 0.717) is 0 Å². The number of carbonyl (C=O) groups is 1. The van der Waals surface area contributed by atoms with Gasteiger partial charge < -0.3 is 35.1 Å². The van der Waals surface area contributed by atoms with Crippen LogP contribution in [0.5, 0.6) is 0 Å². The zero-order chi connectivity index (χ0) is 10.2. The average molecular weight is 193 g/mol. The third kappa shape index (κ3) is 1.79. The van der Waals surface area contributed by atoms with Crippen LogP contribution in [0.15, 0.2) is 0 Å². The summed E-state index contributed by atoms with van der Waals surface area (Å²) in [7, 11) is 0.